The molecule has 0 atom stereocenters. The van der Waals surface area contributed by atoms with E-state index in [9.17, 15) is 4.79 Å². The SMILES string of the molecule is COC(=O)Nc1c(-c2ccc3c(c2)OCO3)n[nH]c1C. The van der Waals surface area contributed by atoms with E-state index in [-0.39, 0.29) is 6.79 Å². The van der Waals surface area contributed by atoms with Crippen molar-refractivity contribution in [2.24, 2.45) is 0 Å². The minimum absolute atomic E-state index is 0.214. The summed E-state index contributed by atoms with van der Waals surface area (Å²) >= 11 is 0. The Hall–Kier alpha value is -2.70. The molecule has 0 unspecified atom stereocenters. The van der Waals surface area contributed by atoms with Crippen LogP contribution in [0.3, 0.4) is 0 Å². The molecule has 2 N–H and O–H groups in total. The third-order valence-corrected chi connectivity index (χ3v) is 3.01. The summed E-state index contributed by atoms with van der Waals surface area (Å²) < 4.78 is 15.2. The van der Waals surface area contributed by atoms with Crippen molar-refractivity contribution in [1.29, 1.82) is 0 Å². The first-order valence-electron chi connectivity index (χ1n) is 5.99. The number of aromatic amines is 1. The summed E-state index contributed by atoms with van der Waals surface area (Å²) in [5.41, 5.74) is 2.75. The van der Waals surface area contributed by atoms with Crippen LogP contribution in [0.5, 0.6) is 11.5 Å². The maximum absolute atomic E-state index is 11.4. The first-order chi connectivity index (χ1) is 9.69. The molecule has 20 heavy (non-hydrogen) atoms. The van der Waals surface area contributed by atoms with Crippen LogP contribution in [-0.2, 0) is 4.74 Å². The van der Waals surface area contributed by atoms with Crippen LogP contribution in [0, 0.1) is 6.92 Å². The van der Waals surface area contributed by atoms with E-state index in [1.54, 1.807) is 0 Å². The quantitative estimate of drug-likeness (QED) is 0.878. The molecule has 0 radical (unpaired) electrons. The predicted molar refractivity (Wildman–Crippen MR) is 70.9 cm³/mol. The van der Waals surface area contributed by atoms with Crippen LogP contribution in [0.25, 0.3) is 11.3 Å². The van der Waals surface area contributed by atoms with Crippen LogP contribution in [0.15, 0.2) is 18.2 Å². The predicted octanol–water partition coefficient (Wildman–Crippen LogP) is 2.29. The number of H-pyrrole nitrogens is 1. The summed E-state index contributed by atoms with van der Waals surface area (Å²) in [6.07, 6.45) is -0.545. The van der Waals surface area contributed by atoms with Crippen LogP contribution in [0.1, 0.15) is 5.69 Å². The molecule has 7 nitrogen and oxygen atoms in total. The molecule has 7 heteroatoms. The number of benzene rings is 1. The van der Waals surface area contributed by atoms with Crippen LogP contribution in [0.4, 0.5) is 10.5 Å². The van der Waals surface area contributed by atoms with Gasteiger partial charge >= 0.3 is 6.09 Å². The van der Waals surface area contributed by atoms with Crippen LogP contribution >= 0.6 is 0 Å². The number of nitrogens with one attached hydrogen (secondary N) is 2. The number of carbonyl (C=O) groups is 1. The molecule has 1 aliphatic rings. The highest BCUT2D eigenvalue weighted by Crippen LogP contribution is 2.37. The molecule has 0 spiro atoms. The van der Waals surface area contributed by atoms with Crippen molar-refractivity contribution in [2.45, 2.75) is 6.92 Å². The molecular weight excluding hydrogens is 262 g/mol. The molecular formula is C13H13N3O4. The standard InChI is InChI=1S/C13H13N3O4/c1-7-11(14-13(17)18-2)12(16-15-7)8-3-4-9-10(5-8)20-6-19-9/h3-5H,6H2,1-2H3,(H,14,17)(H,15,16). The Labute approximate surface area is 114 Å². The molecule has 0 saturated carbocycles. The van der Waals surface area contributed by atoms with Crippen LogP contribution in [0.2, 0.25) is 0 Å². The monoisotopic (exact) mass is 275 g/mol. The van der Waals surface area contributed by atoms with Gasteiger partial charge in [0.15, 0.2) is 11.5 Å². The van der Waals surface area contributed by atoms with Gasteiger partial charge in [0, 0.05) is 5.56 Å². The molecule has 104 valence electrons. The topological polar surface area (TPSA) is 85.5 Å². The highest BCUT2D eigenvalue weighted by Gasteiger charge is 2.19. The normalized spacial score (nSPS) is 12.3. The van der Waals surface area contributed by atoms with Gasteiger partial charge in [-0.15, -0.1) is 0 Å². The molecule has 1 aliphatic heterocycles. The van der Waals surface area contributed by atoms with E-state index in [0.717, 1.165) is 11.3 Å². The second kappa shape index (κ2) is 4.76. The van der Waals surface area contributed by atoms with Gasteiger partial charge < -0.3 is 14.2 Å². The van der Waals surface area contributed by atoms with Gasteiger partial charge in [-0.25, -0.2) is 4.79 Å². The minimum atomic E-state index is -0.545. The lowest BCUT2D eigenvalue weighted by molar-refractivity contribution is 0.174. The van der Waals surface area contributed by atoms with Crippen LogP contribution < -0.4 is 14.8 Å². The number of aryl methyl sites for hydroxylation is 1. The smallest absolute Gasteiger partial charge is 0.411 e. The third-order valence-electron chi connectivity index (χ3n) is 3.01. The number of hydrogen-bond acceptors (Lipinski definition) is 5. The second-order valence-corrected chi connectivity index (χ2v) is 4.26. The molecule has 2 aromatic rings. The number of amides is 1. The van der Waals surface area contributed by atoms with Crippen molar-refractivity contribution >= 4 is 11.8 Å². The molecule has 0 bridgehead atoms. The average molecular weight is 275 g/mol. The number of aromatic nitrogens is 2. The fourth-order valence-electron chi connectivity index (χ4n) is 1.99. The van der Waals surface area contributed by atoms with Gasteiger partial charge in [-0.3, -0.25) is 10.4 Å². The van der Waals surface area contributed by atoms with Gasteiger partial charge in [0.25, 0.3) is 0 Å². The molecule has 1 aromatic carbocycles. The number of carbonyl (C=O) groups excluding carboxylic acids is 1. The highest BCUT2D eigenvalue weighted by molar-refractivity contribution is 5.91. The summed E-state index contributed by atoms with van der Waals surface area (Å²) in [5, 5.41) is 9.70. The van der Waals surface area contributed by atoms with Gasteiger partial charge in [-0.1, -0.05) is 0 Å². The molecule has 3 rings (SSSR count). The van der Waals surface area contributed by atoms with Crippen molar-refractivity contribution < 1.29 is 19.0 Å². The molecule has 1 amide bonds. The summed E-state index contributed by atoms with van der Waals surface area (Å²) in [6.45, 7) is 2.03. The summed E-state index contributed by atoms with van der Waals surface area (Å²) in [7, 11) is 1.31. The Bertz CT molecular complexity index is 666. The van der Waals surface area contributed by atoms with Crippen molar-refractivity contribution in [3.05, 3.63) is 23.9 Å². The van der Waals surface area contributed by atoms with Crippen molar-refractivity contribution in [3.8, 4) is 22.8 Å². The lowest BCUT2D eigenvalue weighted by Gasteiger charge is -2.06. The Morgan fingerprint density at radius 2 is 2.20 bits per heavy atom. The summed E-state index contributed by atoms with van der Waals surface area (Å²) in [4.78, 5) is 11.4. The van der Waals surface area contributed by atoms with E-state index in [1.165, 1.54) is 7.11 Å². The van der Waals surface area contributed by atoms with Crippen molar-refractivity contribution in [1.82, 2.24) is 10.2 Å². The Morgan fingerprint density at radius 1 is 1.40 bits per heavy atom. The molecule has 2 heterocycles. The summed E-state index contributed by atoms with van der Waals surface area (Å²) in [6, 6.07) is 5.48. The van der Waals surface area contributed by atoms with E-state index in [0.29, 0.717) is 22.9 Å². The van der Waals surface area contributed by atoms with Crippen LogP contribution in [-0.4, -0.2) is 30.2 Å². The first-order valence-corrected chi connectivity index (χ1v) is 5.99. The number of hydrogen-bond donors (Lipinski definition) is 2. The van der Waals surface area contributed by atoms with Crippen molar-refractivity contribution in [3.63, 3.8) is 0 Å². The van der Waals surface area contributed by atoms with E-state index >= 15 is 0 Å². The largest absolute Gasteiger partial charge is 0.454 e. The van der Waals surface area contributed by atoms with E-state index in [4.69, 9.17) is 9.47 Å². The lowest BCUT2D eigenvalue weighted by Crippen LogP contribution is -2.11. The number of rotatable bonds is 2. The maximum atomic E-state index is 11.4. The Kier molecular flexibility index (Phi) is 2.94. The fraction of sp³-hybridized carbons (Fsp3) is 0.231. The number of fused-ring (bicyclic) bond motifs is 1. The van der Waals surface area contributed by atoms with Gasteiger partial charge in [0.1, 0.15) is 5.69 Å². The fourth-order valence-corrected chi connectivity index (χ4v) is 1.99. The first kappa shape index (κ1) is 12.3. The zero-order valence-electron chi connectivity index (χ0n) is 11.0. The molecule has 0 aliphatic carbocycles. The van der Waals surface area contributed by atoms with Crippen molar-refractivity contribution in [2.75, 3.05) is 19.2 Å². The number of ether oxygens (including phenoxy) is 3. The molecule has 0 fully saturated rings. The van der Waals surface area contributed by atoms with Gasteiger partial charge in [-0.05, 0) is 25.1 Å². The Balaban J connectivity index is 2.00. The van der Waals surface area contributed by atoms with E-state index in [2.05, 4.69) is 20.3 Å². The average Bonchev–Trinajstić information content (AvgIpc) is 3.05. The molecule has 1 aromatic heterocycles. The summed E-state index contributed by atoms with van der Waals surface area (Å²) in [5.74, 6) is 1.36. The van der Waals surface area contributed by atoms with Gasteiger partial charge in [0.2, 0.25) is 6.79 Å². The number of methoxy groups -OCH3 is 1. The zero-order valence-corrected chi connectivity index (χ0v) is 11.0. The third kappa shape index (κ3) is 2.03. The van der Waals surface area contributed by atoms with E-state index < -0.39 is 6.09 Å². The molecule has 0 saturated heterocycles. The highest BCUT2D eigenvalue weighted by atomic mass is 16.7. The van der Waals surface area contributed by atoms with Gasteiger partial charge in [-0.2, -0.15) is 5.10 Å². The Morgan fingerprint density at radius 3 is 3.00 bits per heavy atom. The zero-order chi connectivity index (χ0) is 14.1. The van der Waals surface area contributed by atoms with E-state index in [1.807, 2.05) is 25.1 Å². The second-order valence-electron chi connectivity index (χ2n) is 4.26. The van der Waals surface area contributed by atoms with Gasteiger partial charge in [0.05, 0.1) is 18.5 Å². The minimum Gasteiger partial charge on any atom is -0.454 e. The lowest BCUT2D eigenvalue weighted by atomic mass is 10.1. The number of anilines is 1. The number of nitrogens with zero attached hydrogens (tertiary/aromatic N) is 1. The maximum Gasteiger partial charge on any atom is 0.411 e.